The van der Waals surface area contributed by atoms with E-state index in [2.05, 4.69) is 5.32 Å². The Morgan fingerprint density at radius 2 is 1.61 bits per heavy atom. The highest BCUT2D eigenvalue weighted by Gasteiger charge is 2.24. The molecule has 0 unspecified atom stereocenters. The quantitative estimate of drug-likeness (QED) is 0.498. The number of sulfonamides is 1. The van der Waals surface area contributed by atoms with Gasteiger partial charge in [0.05, 0.1) is 15.5 Å². The van der Waals surface area contributed by atoms with E-state index < -0.39 is 28.0 Å². The number of anilines is 1. The van der Waals surface area contributed by atoms with Crippen LogP contribution >= 0.6 is 11.6 Å². The van der Waals surface area contributed by atoms with Crippen LogP contribution in [-0.4, -0.2) is 44.8 Å². The first kappa shape index (κ1) is 24.4. The normalized spacial score (nSPS) is 12.3. The Hall–Kier alpha value is -3.20. The number of nitrogens with zero attached hydrogens (tertiary/aromatic N) is 1. The number of nitrogens with one attached hydrogen (secondary N) is 1. The third kappa shape index (κ3) is 5.60. The molecule has 0 aliphatic rings. The van der Waals surface area contributed by atoms with Gasteiger partial charge in [-0.15, -0.1) is 0 Å². The SMILES string of the molecule is C[C@@H](OC(=O)c1cc(S(=O)(=O)N(C)C)ccc1Cl)C(=O)Nc1ccccc1-c1ccccc1. The fraction of sp³-hybridized carbons (Fsp3) is 0.167. The molecule has 0 aliphatic carbocycles. The van der Waals surface area contributed by atoms with Crippen molar-refractivity contribution in [3.8, 4) is 11.1 Å². The minimum Gasteiger partial charge on any atom is -0.449 e. The van der Waals surface area contributed by atoms with Gasteiger partial charge in [-0.25, -0.2) is 17.5 Å². The van der Waals surface area contributed by atoms with Crippen LogP contribution in [0.3, 0.4) is 0 Å². The lowest BCUT2D eigenvalue weighted by molar-refractivity contribution is -0.123. The number of carbonyl (C=O) groups is 2. The van der Waals surface area contributed by atoms with Gasteiger partial charge in [0.1, 0.15) is 0 Å². The number of benzene rings is 3. The summed E-state index contributed by atoms with van der Waals surface area (Å²) in [7, 11) is -1.03. The highest BCUT2D eigenvalue weighted by Crippen LogP contribution is 2.28. The van der Waals surface area contributed by atoms with Gasteiger partial charge in [0.2, 0.25) is 10.0 Å². The maximum atomic E-state index is 12.7. The number of hydrogen-bond acceptors (Lipinski definition) is 5. The molecule has 7 nitrogen and oxygen atoms in total. The van der Waals surface area contributed by atoms with Crippen LogP contribution in [0.2, 0.25) is 5.02 Å². The average Bonchev–Trinajstić information content (AvgIpc) is 2.79. The average molecular weight is 487 g/mol. The highest BCUT2D eigenvalue weighted by molar-refractivity contribution is 7.89. The lowest BCUT2D eigenvalue weighted by atomic mass is 10.0. The van der Waals surface area contributed by atoms with Crippen LogP contribution in [0.25, 0.3) is 11.1 Å². The van der Waals surface area contributed by atoms with Gasteiger partial charge in [-0.2, -0.15) is 0 Å². The van der Waals surface area contributed by atoms with Crippen molar-refractivity contribution < 1.29 is 22.7 Å². The summed E-state index contributed by atoms with van der Waals surface area (Å²) in [6, 6.07) is 20.5. The lowest BCUT2D eigenvalue weighted by Crippen LogP contribution is -2.30. The largest absolute Gasteiger partial charge is 0.449 e. The van der Waals surface area contributed by atoms with Crippen LogP contribution in [0, 0.1) is 0 Å². The van der Waals surface area contributed by atoms with Gasteiger partial charge in [-0.3, -0.25) is 4.79 Å². The fourth-order valence-corrected chi connectivity index (χ4v) is 4.13. The van der Waals surface area contributed by atoms with Crippen LogP contribution in [-0.2, 0) is 19.6 Å². The number of para-hydroxylation sites is 1. The van der Waals surface area contributed by atoms with E-state index in [1.54, 1.807) is 12.1 Å². The molecule has 0 aromatic heterocycles. The molecule has 0 bridgehead atoms. The summed E-state index contributed by atoms with van der Waals surface area (Å²) < 4.78 is 31.0. The van der Waals surface area contributed by atoms with Gasteiger partial charge < -0.3 is 10.1 Å². The summed E-state index contributed by atoms with van der Waals surface area (Å²) in [4.78, 5) is 25.3. The summed E-state index contributed by atoms with van der Waals surface area (Å²) in [5.74, 6) is -1.45. The first-order valence-electron chi connectivity index (χ1n) is 9.99. The van der Waals surface area contributed by atoms with E-state index in [9.17, 15) is 18.0 Å². The Labute approximate surface area is 198 Å². The zero-order valence-electron chi connectivity index (χ0n) is 18.3. The number of carbonyl (C=O) groups excluding carboxylic acids is 2. The molecule has 3 aromatic carbocycles. The van der Waals surface area contributed by atoms with Crippen molar-refractivity contribution in [1.29, 1.82) is 0 Å². The zero-order chi connectivity index (χ0) is 24.2. The fourth-order valence-electron chi connectivity index (χ4n) is 3.01. The molecule has 3 rings (SSSR count). The third-order valence-corrected chi connectivity index (χ3v) is 7.00. The third-order valence-electron chi connectivity index (χ3n) is 4.86. The maximum Gasteiger partial charge on any atom is 0.340 e. The van der Waals surface area contributed by atoms with Crippen molar-refractivity contribution >= 4 is 39.2 Å². The van der Waals surface area contributed by atoms with Crippen molar-refractivity contribution in [2.24, 2.45) is 0 Å². The first-order chi connectivity index (χ1) is 15.6. The maximum absolute atomic E-state index is 12.7. The Morgan fingerprint density at radius 3 is 2.27 bits per heavy atom. The Balaban J connectivity index is 1.77. The predicted molar refractivity (Wildman–Crippen MR) is 128 cm³/mol. The first-order valence-corrected chi connectivity index (χ1v) is 11.8. The Bertz CT molecular complexity index is 1280. The van der Waals surface area contributed by atoms with Gasteiger partial charge in [0.25, 0.3) is 5.91 Å². The van der Waals surface area contributed by atoms with Crippen LogP contribution in [0.4, 0.5) is 5.69 Å². The summed E-state index contributed by atoms with van der Waals surface area (Å²) in [5.41, 5.74) is 2.15. The molecule has 0 fully saturated rings. The molecular weight excluding hydrogens is 464 g/mol. The molecule has 0 aliphatic heterocycles. The van der Waals surface area contributed by atoms with Crippen LogP contribution in [0.5, 0.6) is 0 Å². The summed E-state index contributed by atoms with van der Waals surface area (Å²) in [5, 5.41) is 2.79. The standard InChI is InChI=1S/C24H23ClN2O5S/c1-16(23(28)26-22-12-8-7-11-19(22)17-9-5-4-6-10-17)32-24(29)20-15-18(13-14-21(20)25)33(30,31)27(2)3/h4-16H,1-3H3,(H,26,28)/t16-/m1/s1. The van der Waals surface area contributed by atoms with E-state index in [0.717, 1.165) is 21.5 Å². The van der Waals surface area contributed by atoms with Gasteiger partial charge >= 0.3 is 5.97 Å². The second-order valence-corrected chi connectivity index (χ2v) is 9.94. The minimum atomic E-state index is -3.78. The second-order valence-electron chi connectivity index (χ2n) is 7.38. The van der Waals surface area contributed by atoms with Gasteiger partial charge in [0.15, 0.2) is 6.10 Å². The van der Waals surface area contributed by atoms with E-state index in [-0.39, 0.29) is 15.5 Å². The molecule has 0 heterocycles. The Kier molecular flexibility index (Phi) is 7.53. The van der Waals surface area contributed by atoms with Crippen LogP contribution < -0.4 is 5.32 Å². The lowest BCUT2D eigenvalue weighted by Gasteiger charge is -2.17. The Morgan fingerprint density at radius 1 is 0.970 bits per heavy atom. The van der Waals surface area contributed by atoms with E-state index in [1.165, 1.54) is 33.2 Å². The molecule has 0 radical (unpaired) electrons. The van der Waals surface area contributed by atoms with E-state index in [1.807, 2.05) is 42.5 Å². The smallest absolute Gasteiger partial charge is 0.340 e. The highest BCUT2D eigenvalue weighted by atomic mass is 35.5. The summed E-state index contributed by atoms with van der Waals surface area (Å²) in [6.07, 6.45) is -1.16. The number of hydrogen-bond donors (Lipinski definition) is 1. The topological polar surface area (TPSA) is 92.8 Å². The van der Waals surface area contributed by atoms with Gasteiger partial charge in [0, 0.05) is 25.3 Å². The monoisotopic (exact) mass is 486 g/mol. The summed E-state index contributed by atoms with van der Waals surface area (Å²) >= 11 is 6.09. The molecule has 0 spiro atoms. The molecule has 9 heteroatoms. The zero-order valence-corrected chi connectivity index (χ0v) is 19.9. The molecule has 172 valence electrons. The van der Waals surface area contributed by atoms with Crippen molar-refractivity contribution in [1.82, 2.24) is 4.31 Å². The van der Waals surface area contributed by atoms with Gasteiger partial charge in [-0.05, 0) is 36.8 Å². The molecule has 0 saturated heterocycles. The predicted octanol–water partition coefficient (Wildman–Crippen LogP) is 4.44. The molecule has 1 atom stereocenters. The number of halogens is 1. The number of amides is 1. The number of esters is 1. The van der Waals surface area contributed by atoms with E-state index in [4.69, 9.17) is 16.3 Å². The minimum absolute atomic E-state index is 0.0136. The molecule has 1 N–H and O–H groups in total. The van der Waals surface area contributed by atoms with Gasteiger partial charge in [-0.1, -0.05) is 60.1 Å². The van der Waals surface area contributed by atoms with Crippen molar-refractivity contribution in [2.45, 2.75) is 17.9 Å². The molecule has 3 aromatic rings. The number of ether oxygens (including phenoxy) is 1. The van der Waals surface area contributed by atoms with Crippen molar-refractivity contribution in [3.05, 3.63) is 83.4 Å². The molecule has 0 saturated carbocycles. The van der Waals surface area contributed by atoms with Crippen molar-refractivity contribution in [2.75, 3.05) is 19.4 Å². The number of rotatable bonds is 7. The van der Waals surface area contributed by atoms with E-state index >= 15 is 0 Å². The van der Waals surface area contributed by atoms with Crippen LogP contribution in [0.1, 0.15) is 17.3 Å². The summed E-state index contributed by atoms with van der Waals surface area (Å²) in [6.45, 7) is 1.42. The van der Waals surface area contributed by atoms with E-state index in [0.29, 0.717) is 5.69 Å². The van der Waals surface area contributed by atoms with Crippen LogP contribution in [0.15, 0.2) is 77.7 Å². The second kappa shape index (κ2) is 10.2. The molecule has 33 heavy (non-hydrogen) atoms. The van der Waals surface area contributed by atoms with Crippen molar-refractivity contribution in [3.63, 3.8) is 0 Å². The molecular formula is C24H23ClN2O5S. The molecule has 1 amide bonds.